The Labute approximate surface area is 159 Å². The minimum absolute atomic E-state index is 0.134. The molecule has 0 aromatic heterocycles. The van der Waals surface area contributed by atoms with Crippen LogP contribution in [0.2, 0.25) is 0 Å². The number of anilines is 2. The van der Waals surface area contributed by atoms with Crippen molar-refractivity contribution >= 4 is 27.4 Å². The first-order chi connectivity index (χ1) is 13.0. The number of urea groups is 1. The molecule has 0 saturated carbocycles. The standard InChI is InChI=1S/C20H21N3O3S/c1-3-5-11-16(4-2)21-20(24)22-18-14-9-10-15-19(18)23-27(25,26)17-12-7-6-8-13-17/h3-15,23H,1H2,2H3,(H2,21,22,24)/b11-5-,16-4+. The zero-order valence-corrected chi connectivity index (χ0v) is 15.7. The van der Waals surface area contributed by atoms with E-state index in [2.05, 4.69) is 21.9 Å². The Hall–Kier alpha value is -3.32. The van der Waals surface area contributed by atoms with Crippen LogP contribution >= 0.6 is 0 Å². The molecule has 0 radical (unpaired) electrons. The highest BCUT2D eigenvalue weighted by molar-refractivity contribution is 7.92. The molecule has 0 aliphatic heterocycles. The van der Waals surface area contributed by atoms with Gasteiger partial charge in [0, 0.05) is 5.70 Å². The van der Waals surface area contributed by atoms with E-state index < -0.39 is 16.1 Å². The van der Waals surface area contributed by atoms with Gasteiger partial charge in [0.05, 0.1) is 16.3 Å². The van der Waals surface area contributed by atoms with Gasteiger partial charge >= 0.3 is 6.03 Å². The van der Waals surface area contributed by atoms with Gasteiger partial charge in [-0.2, -0.15) is 0 Å². The summed E-state index contributed by atoms with van der Waals surface area (Å²) in [6, 6.07) is 14.1. The minimum Gasteiger partial charge on any atom is -0.308 e. The topological polar surface area (TPSA) is 87.3 Å². The molecule has 7 heteroatoms. The van der Waals surface area contributed by atoms with Crippen molar-refractivity contribution in [3.8, 4) is 0 Å². The van der Waals surface area contributed by atoms with E-state index in [0.717, 1.165) is 0 Å². The fourth-order valence-electron chi connectivity index (χ4n) is 2.15. The van der Waals surface area contributed by atoms with Crippen molar-refractivity contribution in [2.45, 2.75) is 11.8 Å². The summed E-state index contributed by atoms with van der Waals surface area (Å²) in [7, 11) is -3.77. The van der Waals surface area contributed by atoms with Crippen LogP contribution < -0.4 is 15.4 Å². The average molecular weight is 383 g/mol. The summed E-state index contributed by atoms with van der Waals surface area (Å²) >= 11 is 0. The fourth-order valence-corrected chi connectivity index (χ4v) is 3.25. The van der Waals surface area contributed by atoms with Gasteiger partial charge in [0.2, 0.25) is 0 Å². The number of hydrogen-bond donors (Lipinski definition) is 3. The largest absolute Gasteiger partial charge is 0.323 e. The third-order valence-corrected chi connectivity index (χ3v) is 4.84. The third-order valence-electron chi connectivity index (χ3n) is 3.45. The number of sulfonamides is 1. The van der Waals surface area contributed by atoms with Gasteiger partial charge in [-0.1, -0.05) is 55.1 Å². The highest BCUT2D eigenvalue weighted by Gasteiger charge is 2.16. The average Bonchev–Trinajstić information content (AvgIpc) is 2.67. The van der Waals surface area contributed by atoms with Gasteiger partial charge in [-0.05, 0) is 37.3 Å². The number of carbonyl (C=O) groups excluding carboxylic acids is 1. The lowest BCUT2D eigenvalue weighted by Crippen LogP contribution is -2.28. The Morgan fingerprint density at radius 3 is 2.26 bits per heavy atom. The molecule has 0 bridgehead atoms. The zero-order valence-electron chi connectivity index (χ0n) is 14.8. The molecular formula is C20H21N3O3S. The number of amides is 2. The van der Waals surface area contributed by atoms with Crippen LogP contribution in [0.3, 0.4) is 0 Å². The Kier molecular flexibility index (Phi) is 6.96. The summed E-state index contributed by atoms with van der Waals surface area (Å²) in [6.07, 6.45) is 6.70. The number of rotatable bonds is 7. The lowest BCUT2D eigenvalue weighted by molar-refractivity contribution is 0.254. The molecule has 27 heavy (non-hydrogen) atoms. The highest BCUT2D eigenvalue weighted by atomic mass is 32.2. The van der Waals surface area contributed by atoms with Crippen LogP contribution in [0.15, 0.2) is 96.1 Å². The first-order valence-electron chi connectivity index (χ1n) is 8.16. The van der Waals surface area contributed by atoms with Crippen molar-refractivity contribution in [3.63, 3.8) is 0 Å². The molecule has 140 valence electrons. The van der Waals surface area contributed by atoms with Crippen LogP contribution in [0.1, 0.15) is 6.92 Å². The maximum absolute atomic E-state index is 12.5. The molecule has 0 saturated heterocycles. The van der Waals surface area contributed by atoms with Crippen molar-refractivity contribution in [3.05, 3.63) is 91.2 Å². The van der Waals surface area contributed by atoms with Crippen LogP contribution in [-0.2, 0) is 10.0 Å². The van der Waals surface area contributed by atoms with E-state index in [4.69, 9.17) is 0 Å². The van der Waals surface area contributed by atoms with E-state index in [-0.39, 0.29) is 10.6 Å². The first kappa shape index (κ1) is 20.0. The van der Waals surface area contributed by atoms with Crippen LogP contribution in [-0.4, -0.2) is 14.4 Å². The summed E-state index contributed by atoms with van der Waals surface area (Å²) < 4.78 is 27.5. The van der Waals surface area contributed by atoms with Gasteiger partial charge in [-0.15, -0.1) is 0 Å². The van der Waals surface area contributed by atoms with Crippen molar-refractivity contribution in [1.82, 2.24) is 5.32 Å². The number of allylic oxidation sites excluding steroid dienone is 4. The van der Waals surface area contributed by atoms with Crippen molar-refractivity contribution < 1.29 is 13.2 Å². The maximum Gasteiger partial charge on any atom is 0.323 e. The van der Waals surface area contributed by atoms with Gasteiger partial charge in [0.15, 0.2) is 0 Å². The first-order valence-corrected chi connectivity index (χ1v) is 9.65. The molecule has 2 aromatic carbocycles. The molecular weight excluding hydrogens is 362 g/mol. The summed E-state index contributed by atoms with van der Waals surface area (Å²) in [5, 5.41) is 5.32. The van der Waals surface area contributed by atoms with Gasteiger partial charge in [0.25, 0.3) is 10.0 Å². The van der Waals surface area contributed by atoms with Crippen LogP contribution in [0.25, 0.3) is 0 Å². The smallest absolute Gasteiger partial charge is 0.308 e. The predicted octanol–water partition coefficient (Wildman–Crippen LogP) is 4.25. The number of carbonyl (C=O) groups is 1. The van der Waals surface area contributed by atoms with Crippen molar-refractivity contribution in [2.75, 3.05) is 10.0 Å². The predicted molar refractivity (Wildman–Crippen MR) is 109 cm³/mol. The van der Waals surface area contributed by atoms with E-state index in [1.807, 2.05) is 0 Å². The summed E-state index contributed by atoms with van der Waals surface area (Å²) in [5.41, 5.74) is 1.17. The molecule has 6 nitrogen and oxygen atoms in total. The van der Waals surface area contributed by atoms with Crippen LogP contribution in [0, 0.1) is 0 Å². The molecule has 2 amide bonds. The molecule has 0 aliphatic rings. The molecule has 0 fully saturated rings. The number of nitrogens with one attached hydrogen (secondary N) is 3. The van der Waals surface area contributed by atoms with Crippen LogP contribution in [0.5, 0.6) is 0 Å². The van der Waals surface area contributed by atoms with Gasteiger partial charge < -0.3 is 10.6 Å². The molecule has 0 spiro atoms. The van der Waals surface area contributed by atoms with E-state index in [1.165, 1.54) is 12.1 Å². The monoisotopic (exact) mass is 383 g/mol. The molecule has 2 aromatic rings. The quantitative estimate of drug-likeness (QED) is 0.625. The molecule has 3 N–H and O–H groups in total. The summed E-state index contributed by atoms with van der Waals surface area (Å²) in [4.78, 5) is 12.4. The second-order valence-electron chi connectivity index (χ2n) is 5.38. The minimum atomic E-state index is -3.77. The Morgan fingerprint density at radius 2 is 1.63 bits per heavy atom. The van der Waals surface area contributed by atoms with Gasteiger partial charge in [-0.3, -0.25) is 4.72 Å². The van der Waals surface area contributed by atoms with Gasteiger partial charge in [-0.25, -0.2) is 13.2 Å². The highest BCUT2D eigenvalue weighted by Crippen LogP contribution is 2.24. The molecule has 0 aliphatic carbocycles. The zero-order chi connectivity index (χ0) is 19.7. The molecule has 0 unspecified atom stereocenters. The van der Waals surface area contributed by atoms with Crippen molar-refractivity contribution in [2.24, 2.45) is 0 Å². The second kappa shape index (κ2) is 9.40. The molecule has 0 heterocycles. The number of benzene rings is 2. The van der Waals surface area contributed by atoms with Crippen LogP contribution in [0.4, 0.5) is 16.2 Å². The van der Waals surface area contributed by atoms with Gasteiger partial charge in [0.1, 0.15) is 0 Å². The Balaban J connectivity index is 2.17. The number of para-hydroxylation sites is 2. The lowest BCUT2D eigenvalue weighted by atomic mass is 10.3. The second-order valence-corrected chi connectivity index (χ2v) is 7.06. The normalized spacial score (nSPS) is 11.8. The molecule has 0 atom stereocenters. The van der Waals surface area contributed by atoms with E-state index >= 15 is 0 Å². The SMILES string of the molecule is C=C/C=C\C(=C/C)NC(=O)Nc1ccccc1NS(=O)(=O)c1ccccc1. The van der Waals surface area contributed by atoms with Crippen molar-refractivity contribution in [1.29, 1.82) is 0 Å². The van der Waals surface area contributed by atoms with E-state index in [0.29, 0.717) is 11.4 Å². The maximum atomic E-state index is 12.5. The summed E-state index contributed by atoms with van der Waals surface area (Å²) in [6.45, 7) is 5.36. The number of hydrogen-bond acceptors (Lipinski definition) is 3. The lowest BCUT2D eigenvalue weighted by Gasteiger charge is -2.14. The van der Waals surface area contributed by atoms with E-state index in [1.54, 1.807) is 73.7 Å². The summed E-state index contributed by atoms with van der Waals surface area (Å²) in [5.74, 6) is 0. The Morgan fingerprint density at radius 1 is 1.00 bits per heavy atom. The fraction of sp³-hybridized carbons (Fsp3) is 0.0500. The third kappa shape index (κ3) is 5.86. The van der Waals surface area contributed by atoms with E-state index in [9.17, 15) is 13.2 Å². The molecule has 2 rings (SSSR count). The Bertz CT molecular complexity index is 965.